The number of nitrogens with one attached hydrogen (secondary N) is 2. The summed E-state index contributed by atoms with van der Waals surface area (Å²) in [7, 11) is 1.77. The van der Waals surface area contributed by atoms with Crippen molar-refractivity contribution in [1.82, 2.24) is 25.2 Å². The summed E-state index contributed by atoms with van der Waals surface area (Å²) in [5, 5.41) is 5.55. The molecule has 0 saturated carbocycles. The van der Waals surface area contributed by atoms with E-state index < -0.39 is 0 Å². The van der Waals surface area contributed by atoms with Crippen molar-refractivity contribution in [2.75, 3.05) is 5.43 Å². The van der Waals surface area contributed by atoms with E-state index in [2.05, 4.69) is 25.9 Å². The number of hydrazine groups is 1. The third-order valence-corrected chi connectivity index (χ3v) is 3.39. The zero-order chi connectivity index (χ0) is 15.7. The summed E-state index contributed by atoms with van der Waals surface area (Å²) in [5.41, 5.74) is 6.27. The van der Waals surface area contributed by atoms with Crippen molar-refractivity contribution in [3.63, 3.8) is 0 Å². The van der Waals surface area contributed by atoms with Crippen LogP contribution in [0.25, 0.3) is 11.0 Å². The second kappa shape index (κ2) is 5.78. The highest BCUT2D eigenvalue weighted by Gasteiger charge is 2.11. The Kier molecular flexibility index (Phi) is 3.82. The lowest BCUT2D eigenvalue weighted by Gasteiger charge is -2.08. The van der Waals surface area contributed by atoms with Crippen molar-refractivity contribution in [3.05, 3.63) is 46.3 Å². The van der Waals surface area contributed by atoms with Crippen molar-refractivity contribution >= 4 is 46.0 Å². The van der Waals surface area contributed by atoms with Gasteiger partial charge in [-0.05, 0) is 18.2 Å². The predicted octanol–water partition coefficient (Wildman–Crippen LogP) is 2.43. The van der Waals surface area contributed by atoms with Crippen LogP contribution in [-0.4, -0.2) is 25.7 Å². The molecule has 22 heavy (non-hydrogen) atoms. The van der Waals surface area contributed by atoms with Gasteiger partial charge in [-0.1, -0.05) is 23.2 Å². The highest BCUT2D eigenvalue weighted by atomic mass is 35.5. The van der Waals surface area contributed by atoms with E-state index in [1.807, 2.05) is 0 Å². The Morgan fingerprint density at radius 2 is 1.91 bits per heavy atom. The number of hydrogen-bond acceptors (Lipinski definition) is 5. The largest absolute Gasteiger partial charge is 0.281 e. The third-order valence-electron chi connectivity index (χ3n) is 2.95. The molecule has 1 aromatic carbocycles. The van der Waals surface area contributed by atoms with E-state index in [0.717, 1.165) is 0 Å². The first-order valence-electron chi connectivity index (χ1n) is 6.20. The van der Waals surface area contributed by atoms with Crippen LogP contribution in [0.4, 0.5) is 5.82 Å². The number of benzene rings is 1. The normalized spacial score (nSPS) is 10.7. The molecule has 3 aromatic rings. The minimum absolute atomic E-state index is 0.335. The molecule has 0 radical (unpaired) electrons. The second-order valence-electron chi connectivity index (χ2n) is 4.46. The van der Waals surface area contributed by atoms with Gasteiger partial charge in [0.25, 0.3) is 5.91 Å². The number of aryl methyl sites for hydroxylation is 1. The maximum absolute atomic E-state index is 12.1. The van der Waals surface area contributed by atoms with E-state index in [9.17, 15) is 4.79 Å². The smallest absolute Gasteiger partial charge is 0.269 e. The molecular weight excluding hydrogens is 327 g/mol. The average molecular weight is 337 g/mol. The molecule has 0 aliphatic carbocycles. The van der Waals surface area contributed by atoms with Gasteiger partial charge in [-0.2, -0.15) is 5.10 Å². The quantitative estimate of drug-likeness (QED) is 0.717. The molecule has 0 atom stereocenters. The van der Waals surface area contributed by atoms with E-state index >= 15 is 0 Å². The Labute approximate surface area is 135 Å². The average Bonchev–Trinajstić information content (AvgIpc) is 2.86. The van der Waals surface area contributed by atoms with Gasteiger partial charge in [-0.3, -0.25) is 20.3 Å². The summed E-state index contributed by atoms with van der Waals surface area (Å²) in [6.07, 6.45) is 2.99. The molecule has 7 nitrogen and oxygen atoms in total. The molecule has 3 rings (SSSR count). The maximum Gasteiger partial charge on any atom is 0.269 e. The summed E-state index contributed by atoms with van der Waals surface area (Å²) >= 11 is 11.8. The number of hydrogen-bond donors (Lipinski definition) is 2. The number of amides is 1. The lowest BCUT2D eigenvalue weighted by atomic mass is 10.2. The first-order valence-corrected chi connectivity index (χ1v) is 6.95. The Balaban J connectivity index is 1.80. The van der Waals surface area contributed by atoms with Gasteiger partial charge >= 0.3 is 0 Å². The molecule has 112 valence electrons. The minimum atomic E-state index is -0.389. The summed E-state index contributed by atoms with van der Waals surface area (Å²) in [6, 6.07) is 4.59. The molecule has 0 bridgehead atoms. The van der Waals surface area contributed by atoms with Gasteiger partial charge in [-0.25, -0.2) is 9.97 Å². The number of nitrogens with zero attached hydrogens (tertiary/aromatic N) is 4. The van der Waals surface area contributed by atoms with Gasteiger partial charge in [0.05, 0.1) is 11.6 Å². The number of anilines is 1. The number of rotatable bonds is 3. The van der Waals surface area contributed by atoms with Crippen LogP contribution in [0.2, 0.25) is 10.0 Å². The van der Waals surface area contributed by atoms with E-state index in [-0.39, 0.29) is 5.91 Å². The van der Waals surface area contributed by atoms with Gasteiger partial charge in [0.15, 0.2) is 11.5 Å². The highest BCUT2D eigenvalue weighted by Crippen LogP contribution is 2.20. The van der Waals surface area contributed by atoms with Crippen LogP contribution in [0.3, 0.4) is 0 Å². The molecule has 2 aromatic heterocycles. The molecular formula is C13H10Cl2N6O. The van der Waals surface area contributed by atoms with Crippen molar-refractivity contribution in [2.45, 2.75) is 0 Å². The molecule has 0 unspecified atom stereocenters. The Bertz CT molecular complexity index is 843. The SMILES string of the molecule is Cn1ncc2c(NNC(=O)c3cc(Cl)cc(Cl)c3)ncnc21. The van der Waals surface area contributed by atoms with Crippen molar-refractivity contribution < 1.29 is 4.79 Å². The predicted molar refractivity (Wildman–Crippen MR) is 83.9 cm³/mol. The molecule has 0 aliphatic heterocycles. The Hall–Kier alpha value is -2.38. The fraction of sp³-hybridized carbons (Fsp3) is 0.0769. The molecule has 9 heteroatoms. The maximum atomic E-state index is 12.1. The fourth-order valence-electron chi connectivity index (χ4n) is 1.93. The highest BCUT2D eigenvalue weighted by molar-refractivity contribution is 6.35. The van der Waals surface area contributed by atoms with Crippen LogP contribution >= 0.6 is 23.2 Å². The first kappa shape index (κ1) is 14.6. The van der Waals surface area contributed by atoms with Crippen LogP contribution in [0.5, 0.6) is 0 Å². The summed E-state index contributed by atoms with van der Waals surface area (Å²) in [5.74, 6) is 0.0552. The van der Waals surface area contributed by atoms with Crippen LogP contribution < -0.4 is 10.9 Å². The number of carbonyl (C=O) groups excluding carboxylic acids is 1. The number of aromatic nitrogens is 4. The number of halogens is 2. The summed E-state index contributed by atoms with van der Waals surface area (Å²) in [4.78, 5) is 20.3. The van der Waals surface area contributed by atoms with Crippen LogP contribution in [0.15, 0.2) is 30.7 Å². The first-order chi connectivity index (χ1) is 10.5. The van der Waals surface area contributed by atoms with E-state index in [1.54, 1.807) is 24.0 Å². The van der Waals surface area contributed by atoms with E-state index in [0.29, 0.717) is 32.5 Å². The zero-order valence-corrected chi connectivity index (χ0v) is 12.9. The van der Waals surface area contributed by atoms with Gasteiger partial charge in [0.1, 0.15) is 6.33 Å². The molecule has 0 fully saturated rings. The van der Waals surface area contributed by atoms with Crippen LogP contribution in [-0.2, 0) is 7.05 Å². The van der Waals surface area contributed by atoms with E-state index in [1.165, 1.54) is 18.5 Å². The van der Waals surface area contributed by atoms with Gasteiger partial charge in [0, 0.05) is 22.7 Å². The zero-order valence-electron chi connectivity index (χ0n) is 11.3. The lowest BCUT2D eigenvalue weighted by molar-refractivity contribution is 0.0962. The Morgan fingerprint density at radius 1 is 1.18 bits per heavy atom. The molecule has 0 aliphatic rings. The van der Waals surface area contributed by atoms with Crippen LogP contribution in [0, 0.1) is 0 Å². The number of fused-ring (bicyclic) bond motifs is 1. The second-order valence-corrected chi connectivity index (χ2v) is 5.34. The molecule has 1 amide bonds. The minimum Gasteiger partial charge on any atom is -0.281 e. The monoisotopic (exact) mass is 336 g/mol. The standard InChI is InChI=1S/C13H10Cl2N6O/c1-21-12-10(5-18-21)11(16-6-17-12)19-20-13(22)7-2-8(14)4-9(15)3-7/h2-6H,1H3,(H,20,22)(H,16,17,19). The lowest BCUT2D eigenvalue weighted by Crippen LogP contribution is -2.29. The summed E-state index contributed by atoms with van der Waals surface area (Å²) < 4.78 is 1.61. The summed E-state index contributed by atoms with van der Waals surface area (Å²) in [6.45, 7) is 0. The van der Waals surface area contributed by atoms with Crippen molar-refractivity contribution in [2.24, 2.45) is 7.05 Å². The molecule has 2 N–H and O–H groups in total. The van der Waals surface area contributed by atoms with Crippen LogP contribution in [0.1, 0.15) is 10.4 Å². The topological polar surface area (TPSA) is 84.7 Å². The van der Waals surface area contributed by atoms with E-state index in [4.69, 9.17) is 23.2 Å². The number of carbonyl (C=O) groups is 1. The molecule has 2 heterocycles. The fourth-order valence-corrected chi connectivity index (χ4v) is 2.46. The molecule has 0 saturated heterocycles. The molecule has 0 spiro atoms. The Morgan fingerprint density at radius 3 is 2.64 bits per heavy atom. The van der Waals surface area contributed by atoms with Crippen molar-refractivity contribution in [3.8, 4) is 0 Å². The van der Waals surface area contributed by atoms with Gasteiger partial charge in [-0.15, -0.1) is 0 Å². The van der Waals surface area contributed by atoms with Crippen molar-refractivity contribution in [1.29, 1.82) is 0 Å². The van der Waals surface area contributed by atoms with Gasteiger partial charge < -0.3 is 0 Å². The third kappa shape index (κ3) is 2.81. The van der Waals surface area contributed by atoms with Gasteiger partial charge in [0.2, 0.25) is 0 Å².